The predicted molar refractivity (Wildman–Crippen MR) is 91.4 cm³/mol. The first-order chi connectivity index (χ1) is 11.0. The van der Waals surface area contributed by atoms with E-state index in [-0.39, 0.29) is 5.91 Å². The number of ether oxygens (including phenoxy) is 1. The summed E-state index contributed by atoms with van der Waals surface area (Å²) in [6, 6.07) is 11.3. The molecule has 4 nitrogen and oxygen atoms in total. The summed E-state index contributed by atoms with van der Waals surface area (Å²) in [7, 11) is 1.60. The lowest BCUT2D eigenvalue weighted by molar-refractivity contribution is 0.102. The maximum atomic E-state index is 12.7. The number of amides is 1. The van der Waals surface area contributed by atoms with Crippen molar-refractivity contribution in [1.29, 1.82) is 0 Å². The van der Waals surface area contributed by atoms with Crippen LogP contribution in [-0.2, 0) is 0 Å². The van der Waals surface area contributed by atoms with E-state index in [2.05, 4.69) is 5.32 Å². The second-order valence-corrected chi connectivity index (χ2v) is 5.65. The predicted octanol–water partition coefficient (Wildman–Crippen LogP) is 4.62. The Kier molecular flexibility index (Phi) is 3.82. The number of benzene rings is 2. The number of nitrogens with one attached hydrogen (secondary N) is 1. The molecule has 0 aliphatic carbocycles. The fourth-order valence-corrected chi connectivity index (χ4v) is 2.62. The second-order valence-electron chi connectivity index (χ2n) is 5.65. The van der Waals surface area contributed by atoms with Gasteiger partial charge in [-0.1, -0.05) is 6.07 Å². The van der Waals surface area contributed by atoms with E-state index in [0.29, 0.717) is 22.7 Å². The Balaban J connectivity index is 1.99. The Morgan fingerprint density at radius 2 is 1.83 bits per heavy atom. The van der Waals surface area contributed by atoms with Gasteiger partial charge in [0.25, 0.3) is 5.91 Å². The Morgan fingerprint density at radius 3 is 2.52 bits per heavy atom. The number of anilines is 1. The molecule has 23 heavy (non-hydrogen) atoms. The number of hydrogen-bond donors (Lipinski definition) is 1. The fraction of sp³-hybridized carbons (Fsp3) is 0.211. The third-order valence-corrected chi connectivity index (χ3v) is 4.06. The van der Waals surface area contributed by atoms with Crippen LogP contribution >= 0.6 is 0 Å². The number of furan rings is 1. The number of rotatable bonds is 3. The SMILES string of the molecule is COc1ccc2oc(C)c(C(=O)Nc3ccc(C)c(C)c3)c2c1. The van der Waals surface area contributed by atoms with E-state index in [9.17, 15) is 4.79 Å². The summed E-state index contributed by atoms with van der Waals surface area (Å²) in [5.41, 5.74) is 4.32. The highest BCUT2D eigenvalue weighted by Gasteiger charge is 2.19. The van der Waals surface area contributed by atoms with Gasteiger partial charge in [0.15, 0.2) is 0 Å². The van der Waals surface area contributed by atoms with Gasteiger partial charge in [0.1, 0.15) is 17.1 Å². The van der Waals surface area contributed by atoms with Crippen LogP contribution < -0.4 is 10.1 Å². The molecule has 0 aliphatic heterocycles. The molecule has 3 aromatic rings. The molecule has 1 amide bonds. The molecule has 0 unspecified atom stereocenters. The third-order valence-electron chi connectivity index (χ3n) is 4.06. The Bertz CT molecular complexity index is 893. The summed E-state index contributed by atoms with van der Waals surface area (Å²) >= 11 is 0. The maximum absolute atomic E-state index is 12.7. The van der Waals surface area contributed by atoms with Gasteiger partial charge in [-0.2, -0.15) is 0 Å². The van der Waals surface area contributed by atoms with Crippen molar-refractivity contribution in [3.05, 3.63) is 58.8 Å². The first kappa shape index (κ1) is 15.2. The lowest BCUT2D eigenvalue weighted by atomic mass is 10.1. The first-order valence-electron chi connectivity index (χ1n) is 7.45. The summed E-state index contributed by atoms with van der Waals surface area (Å²) in [4.78, 5) is 12.7. The Morgan fingerprint density at radius 1 is 1.04 bits per heavy atom. The molecule has 1 N–H and O–H groups in total. The Hall–Kier alpha value is -2.75. The molecule has 0 atom stereocenters. The van der Waals surface area contributed by atoms with Crippen molar-refractivity contribution >= 4 is 22.6 Å². The Labute approximate surface area is 135 Å². The molecule has 0 spiro atoms. The van der Waals surface area contributed by atoms with Crippen molar-refractivity contribution in [3.8, 4) is 5.75 Å². The van der Waals surface area contributed by atoms with Crippen molar-refractivity contribution in [3.63, 3.8) is 0 Å². The van der Waals surface area contributed by atoms with Gasteiger partial charge in [0, 0.05) is 11.1 Å². The lowest BCUT2D eigenvalue weighted by Gasteiger charge is -2.07. The quantitative estimate of drug-likeness (QED) is 0.768. The average Bonchev–Trinajstić information content (AvgIpc) is 2.85. The minimum atomic E-state index is -0.183. The molecule has 118 valence electrons. The minimum Gasteiger partial charge on any atom is -0.497 e. The molecular weight excluding hydrogens is 290 g/mol. The van der Waals surface area contributed by atoms with Gasteiger partial charge in [0.05, 0.1) is 12.7 Å². The fourth-order valence-electron chi connectivity index (χ4n) is 2.62. The molecular formula is C19H19NO3. The summed E-state index contributed by atoms with van der Waals surface area (Å²) in [6.07, 6.45) is 0. The van der Waals surface area contributed by atoms with Crippen LogP contribution in [0.5, 0.6) is 5.75 Å². The zero-order valence-electron chi connectivity index (χ0n) is 13.7. The van der Waals surface area contributed by atoms with Gasteiger partial charge in [0.2, 0.25) is 0 Å². The van der Waals surface area contributed by atoms with Crippen molar-refractivity contribution in [1.82, 2.24) is 0 Å². The lowest BCUT2D eigenvalue weighted by Crippen LogP contribution is -2.12. The summed E-state index contributed by atoms with van der Waals surface area (Å²) in [5.74, 6) is 1.10. The second kappa shape index (κ2) is 5.80. The smallest absolute Gasteiger partial charge is 0.259 e. The zero-order chi connectivity index (χ0) is 16.6. The van der Waals surface area contributed by atoms with Gasteiger partial charge in [-0.15, -0.1) is 0 Å². The largest absolute Gasteiger partial charge is 0.497 e. The zero-order valence-corrected chi connectivity index (χ0v) is 13.7. The number of methoxy groups -OCH3 is 1. The van der Waals surface area contributed by atoms with Crippen molar-refractivity contribution in [2.75, 3.05) is 12.4 Å². The van der Waals surface area contributed by atoms with Crippen LogP contribution in [0.25, 0.3) is 11.0 Å². The van der Waals surface area contributed by atoms with Crippen LogP contribution in [0.2, 0.25) is 0 Å². The number of carbonyl (C=O) groups is 1. The number of fused-ring (bicyclic) bond motifs is 1. The minimum absolute atomic E-state index is 0.183. The molecule has 3 rings (SSSR count). The summed E-state index contributed by atoms with van der Waals surface area (Å²) < 4.78 is 10.9. The molecule has 0 radical (unpaired) electrons. The standard InChI is InChI=1S/C19H19NO3/c1-11-5-6-14(9-12(11)2)20-19(21)18-13(3)23-17-8-7-15(22-4)10-16(17)18/h5-10H,1-4H3,(H,20,21). The van der Waals surface area contributed by atoms with E-state index in [1.54, 1.807) is 14.0 Å². The van der Waals surface area contributed by atoms with E-state index in [1.807, 2.05) is 50.2 Å². The highest BCUT2D eigenvalue weighted by Crippen LogP contribution is 2.29. The number of carbonyl (C=O) groups excluding carboxylic acids is 1. The molecule has 0 bridgehead atoms. The van der Waals surface area contributed by atoms with Crippen LogP contribution in [0.4, 0.5) is 5.69 Å². The van der Waals surface area contributed by atoms with Crippen LogP contribution in [0, 0.1) is 20.8 Å². The third kappa shape index (κ3) is 2.80. The summed E-state index contributed by atoms with van der Waals surface area (Å²) in [6.45, 7) is 5.86. The molecule has 1 heterocycles. The van der Waals surface area contributed by atoms with Crippen LogP contribution in [0.1, 0.15) is 27.2 Å². The maximum Gasteiger partial charge on any atom is 0.259 e. The molecule has 4 heteroatoms. The van der Waals surface area contributed by atoms with Crippen molar-refractivity contribution in [2.45, 2.75) is 20.8 Å². The molecule has 0 saturated heterocycles. The van der Waals surface area contributed by atoms with Crippen LogP contribution in [0.3, 0.4) is 0 Å². The highest BCUT2D eigenvalue weighted by molar-refractivity contribution is 6.13. The summed E-state index contributed by atoms with van der Waals surface area (Å²) in [5, 5.41) is 3.70. The van der Waals surface area contributed by atoms with E-state index in [4.69, 9.17) is 9.15 Å². The molecule has 0 saturated carbocycles. The van der Waals surface area contributed by atoms with Gasteiger partial charge in [-0.05, 0) is 62.2 Å². The first-order valence-corrected chi connectivity index (χ1v) is 7.45. The molecule has 0 fully saturated rings. The van der Waals surface area contributed by atoms with E-state index in [0.717, 1.165) is 16.6 Å². The highest BCUT2D eigenvalue weighted by atomic mass is 16.5. The normalized spacial score (nSPS) is 10.8. The topological polar surface area (TPSA) is 51.5 Å². The monoisotopic (exact) mass is 309 g/mol. The van der Waals surface area contributed by atoms with Gasteiger partial charge in [-0.3, -0.25) is 4.79 Å². The molecule has 2 aromatic carbocycles. The van der Waals surface area contributed by atoms with Crippen LogP contribution in [-0.4, -0.2) is 13.0 Å². The molecule has 0 aliphatic rings. The molecule has 1 aromatic heterocycles. The van der Waals surface area contributed by atoms with Crippen molar-refractivity contribution in [2.24, 2.45) is 0 Å². The van der Waals surface area contributed by atoms with E-state index >= 15 is 0 Å². The van der Waals surface area contributed by atoms with Gasteiger partial charge >= 0.3 is 0 Å². The number of aryl methyl sites for hydroxylation is 3. The van der Waals surface area contributed by atoms with Crippen LogP contribution in [0.15, 0.2) is 40.8 Å². The van der Waals surface area contributed by atoms with Crippen molar-refractivity contribution < 1.29 is 13.9 Å². The van der Waals surface area contributed by atoms with E-state index < -0.39 is 0 Å². The average molecular weight is 309 g/mol. The van der Waals surface area contributed by atoms with E-state index in [1.165, 1.54) is 5.56 Å². The van der Waals surface area contributed by atoms with Gasteiger partial charge < -0.3 is 14.5 Å². The number of hydrogen-bond acceptors (Lipinski definition) is 3. The van der Waals surface area contributed by atoms with Gasteiger partial charge in [-0.25, -0.2) is 0 Å².